The van der Waals surface area contributed by atoms with Gasteiger partial charge in [0, 0.05) is 5.56 Å². The van der Waals surface area contributed by atoms with E-state index in [9.17, 15) is 14.3 Å². The molecule has 1 atom stereocenters. The van der Waals surface area contributed by atoms with E-state index in [-0.39, 0.29) is 11.7 Å². The second-order valence-electron chi connectivity index (χ2n) is 4.50. The van der Waals surface area contributed by atoms with Gasteiger partial charge >= 0.3 is 14.0 Å². The fourth-order valence-corrected chi connectivity index (χ4v) is 2.73. The molecule has 2 aromatic rings. The average Bonchev–Trinajstić information content (AvgIpc) is 2.38. The molecule has 0 bridgehead atoms. The fraction of sp³-hybridized carbons (Fsp3) is 0.133. The molecule has 0 radical (unpaired) electrons. The highest BCUT2D eigenvalue weighted by atomic mass is 31.1. The summed E-state index contributed by atoms with van der Waals surface area (Å²) in [5.74, 6) is -1.02. The third-order valence-corrected chi connectivity index (χ3v) is 3.93. The van der Waals surface area contributed by atoms with Crippen molar-refractivity contribution in [3.63, 3.8) is 0 Å². The number of carboxylic acids is 1. The first-order valence-corrected chi connectivity index (χ1v) is 7.27. The minimum atomic E-state index is -2.55. The Balaban J connectivity index is 2.55. The number of aryl methyl sites for hydroxylation is 1. The molecule has 5 heteroatoms. The van der Waals surface area contributed by atoms with Crippen molar-refractivity contribution in [2.75, 3.05) is 0 Å². The van der Waals surface area contributed by atoms with Gasteiger partial charge < -0.3 is 5.11 Å². The molecule has 102 valence electrons. The lowest BCUT2D eigenvalue weighted by molar-refractivity contribution is -0.136. The van der Waals surface area contributed by atoms with Crippen LogP contribution in [-0.2, 0) is 15.8 Å². The number of carboxylic acid groups (broad SMARTS) is 1. The third kappa shape index (κ3) is 3.10. The van der Waals surface area contributed by atoms with Crippen molar-refractivity contribution in [1.82, 2.24) is 0 Å². The van der Waals surface area contributed by atoms with Gasteiger partial charge in [-0.3, -0.25) is 4.79 Å². The van der Waals surface area contributed by atoms with Gasteiger partial charge in [-0.2, -0.15) is 4.89 Å². The zero-order valence-electron chi connectivity index (χ0n) is 10.9. The second-order valence-corrected chi connectivity index (χ2v) is 5.53. The lowest BCUT2D eigenvalue weighted by Gasteiger charge is -2.07. The Morgan fingerprint density at radius 3 is 2.50 bits per heavy atom. The lowest BCUT2D eigenvalue weighted by Crippen LogP contribution is -2.11. The Hall–Kier alpha value is -2.03. The SMILES string of the molecule is Cc1ccccc1-c1ccc([P+](=O)O)c(CC(=O)O)c1. The van der Waals surface area contributed by atoms with Crippen LogP contribution < -0.4 is 5.30 Å². The zero-order chi connectivity index (χ0) is 14.7. The quantitative estimate of drug-likeness (QED) is 0.848. The van der Waals surface area contributed by atoms with Crippen molar-refractivity contribution in [1.29, 1.82) is 0 Å². The largest absolute Gasteiger partial charge is 0.546 e. The topological polar surface area (TPSA) is 74.6 Å². The fourth-order valence-electron chi connectivity index (χ4n) is 2.14. The molecule has 2 rings (SSSR count). The Morgan fingerprint density at radius 2 is 1.90 bits per heavy atom. The Bertz CT molecular complexity index is 679. The van der Waals surface area contributed by atoms with Gasteiger partial charge in [0.2, 0.25) is 5.30 Å². The van der Waals surface area contributed by atoms with E-state index >= 15 is 0 Å². The van der Waals surface area contributed by atoms with Crippen LogP contribution in [-0.4, -0.2) is 16.0 Å². The predicted molar refractivity (Wildman–Crippen MR) is 77.4 cm³/mol. The van der Waals surface area contributed by atoms with Gasteiger partial charge in [-0.15, -0.1) is 0 Å². The van der Waals surface area contributed by atoms with Crippen LogP contribution in [0.2, 0.25) is 0 Å². The number of hydrogen-bond acceptors (Lipinski definition) is 2. The average molecular weight is 289 g/mol. The maximum Gasteiger partial charge on any atom is 0.546 e. The van der Waals surface area contributed by atoms with Gasteiger partial charge in [0.15, 0.2) is 0 Å². The molecule has 0 spiro atoms. The predicted octanol–water partition coefficient (Wildman–Crippen LogP) is 2.65. The molecule has 2 N–H and O–H groups in total. The van der Waals surface area contributed by atoms with Crippen LogP contribution in [0.4, 0.5) is 0 Å². The maximum absolute atomic E-state index is 11.3. The minimum Gasteiger partial charge on any atom is -0.481 e. The summed E-state index contributed by atoms with van der Waals surface area (Å²) in [5, 5.41) is 9.09. The smallest absolute Gasteiger partial charge is 0.481 e. The van der Waals surface area contributed by atoms with Crippen molar-refractivity contribution < 1.29 is 19.4 Å². The molecule has 0 aliphatic rings. The highest BCUT2D eigenvalue weighted by molar-refractivity contribution is 7.47. The number of benzene rings is 2. The monoisotopic (exact) mass is 289 g/mol. The summed E-state index contributed by atoms with van der Waals surface area (Å²) < 4.78 is 11.3. The Labute approximate surface area is 117 Å². The van der Waals surface area contributed by atoms with E-state index < -0.39 is 14.0 Å². The molecule has 0 aliphatic heterocycles. The van der Waals surface area contributed by atoms with Crippen LogP contribution >= 0.6 is 8.03 Å². The lowest BCUT2D eigenvalue weighted by atomic mass is 9.98. The van der Waals surface area contributed by atoms with Crippen LogP contribution in [0.15, 0.2) is 42.5 Å². The van der Waals surface area contributed by atoms with Crippen molar-refractivity contribution in [2.24, 2.45) is 0 Å². The molecule has 0 amide bonds. The van der Waals surface area contributed by atoms with Gasteiger partial charge in [-0.05, 0) is 46.4 Å². The normalized spacial score (nSPS) is 11.2. The van der Waals surface area contributed by atoms with E-state index in [1.54, 1.807) is 12.1 Å². The molecule has 0 aromatic heterocycles. The molecule has 1 unspecified atom stereocenters. The highest BCUT2D eigenvalue weighted by Gasteiger charge is 2.23. The van der Waals surface area contributed by atoms with E-state index in [0.29, 0.717) is 5.56 Å². The van der Waals surface area contributed by atoms with E-state index in [1.807, 2.05) is 31.2 Å². The summed E-state index contributed by atoms with van der Waals surface area (Å²) in [6, 6.07) is 12.7. The van der Waals surface area contributed by atoms with Crippen molar-refractivity contribution in [3.05, 3.63) is 53.6 Å². The summed E-state index contributed by atoms with van der Waals surface area (Å²) in [6.07, 6.45) is -0.267. The summed E-state index contributed by atoms with van der Waals surface area (Å²) in [4.78, 5) is 20.1. The zero-order valence-corrected chi connectivity index (χ0v) is 11.8. The first-order valence-electron chi connectivity index (χ1n) is 6.06. The summed E-state index contributed by atoms with van der Waals surface area (Å²) in [5.41, 5.74) is 3.27. The molecule has 0 saturated heterocycles. The van der Waals surface area contributed by atoms with Crippen LogP contribution in [0.5, 0.6) is 0 Å². The van der Waals surface area contributed by atoms with E-state index in [4.69, 9.17) is 5.11 Å². The Kier molecular flexibility index (Phi) is 4.28. The number of hydrogen-bond donors (Lipinski definition) is 2. The standard InChI is InChI=1S/C15H13O4P/c1-10-4-2-3-5-13(10)11-6-7-14(20(18)19)12(8-11)9-15(16)17/h2-8H,9H2,1H3,(H-,16,17,18,19)/p+1. The molecular formula is C15H14O4P+. The highest BCUT2D eigenvalue weighted by Crippen LogP contribution is 2.26. The summed E-state index contributed by atoms with van der Waals surface area (Å²) in [7, 11) is -2.55. The molecule has 0 fully saturated rings. The first-order chi connectivity index (χ1) is 9.49. The molecular weight excluding hydrogens is 275 g/mol. The van der Waals surface area contributed by atoms with E-state index in [1.165, 1.54) is 6.07 Å². The van der Waals surface area contributed by atoms with E-state index in [0.717, 1.165) is 16.7 Å². The summed E-state index contributed by atoms with van der Waals surface area (Å²) >= 11 is 0. The molecule has 2 aromatic carbocycles. The van der Waals surface area contributed by atoms with Crippen molar-refractivity contribution >= 4 is 19.3 Å². The van der Waals surface area contributed by atoms with Crippen LogP contribution in [0.25, 0.3) is 11.1 Å². The number of rotatable bonds is 4. The van der Waals surface area contributed by atoms with Crippen LogP contribution in [0.1, 0.15) is 11.1 Å². The van der Waals surface area contributed by atoms with Gasteiger partial charge in [0.1, 0.15) is 0 Å². The Morgan fingerprint density at radius 1 is 1.20 bits per heavy atom. The molecule has 0 aliphatic carbocycles. The maximum atomic E-state index is 11.3. The summed E-state index contributed by atoms with van der Waals surface area (Å²) in [6.45, 7) is 1.96. The van der Waals surface area contributed by atoms with Gasteiger partial charge in [-0.1, -0.05) is 24.3 Å². The molecule has 4 nitrogen and oxygen atoms in total. The van der Waals surface area contributed by atoms with Gasteiger partial charge in [0.05, 0.1) is 6.42 Å². The second kappa shape index (κ2) is 5.95. The minimum absolute atomic E-state index is 0.180. The molecule has 0 heterocycles. The van der Waals surface area contributed by atoms with Crippen molar-refractivity contribution in [3.8, 4) is 11.1 Å². The van der Waals surface area contributed by atoms with Gasteiger partial charge in [0.25, 0.3) is 0 Å². The molecule has 0 saturated carbocycles. The first kappa shape index (κ1) is 14.4. The molecule has 20 heavy (non-hydrogen) atoms. The number of aliphatic carboxylic acids is 1. The number of carbonyl (C=O) groups is 1. The van der Waals surface area contributed by atoms with E-state index in [2.05, 4.69) is 0 Å². The van der Waals surface area contributed by atoms with Crippen LogP contribution in [0, 0.1) is 6.92 Å². The van der Waals surface area contributed by atoms with Crippen molar-refractivity contribution in [2.45, 2.75) is 13.3 Å². The van der Waals surface area contributed by atoms with Crippen LogP contribution in [0.3, 0.4) is 0 Å². The van der Waals surface area contributed by atoms with Gasteiger partial charge in [-0.25, -0.2) is 0 Å². The third-order valence-electron chi connectivity index (χ3n) is 3.08.